The van der Waals surface area contributed by atoms with Gasteiger partial charge in [-0.3, -0.25) is 4.79 Å². The normalized spacial score (nSPS) is 13.4. The minimum Gasteiger partial charge on any atom is -0.489 e. The highest BCUT2D eigenvalue weighted by molar-refractivity contribution is 5.79. The minimum absolute atomic E-state index is 0.317. The molecule has 110 valence electrons. The Morgan fingerprint density at radius 1 is 1.05 bits per heavy atom. The molecule has 0 spiro atoms. The van der Waals surface area contributed by atoms with Crippen LogP contribution in [0, 0.1) is 0 Å². The summed E-state index contributed by atoms with van der Waals surface area (Å²) in [6, 6.07) is 16.2. The number of carbonyl (C=O) groups excluding carboxylic acids is 1. The fraction of sp³-hybridized carbons (Fsp3) is 0.188. The lowest BCUT2D eigenvalue weighted by atomic mass is 10.0. The van der Waals surface area contributed by atoms with Crippen LogP contribution in [0.5, 0.6) is 5.75 Å². The van der Waals surface area contributed by atoms with Gasteiger partial charge in [-0.1, -0.05) is 48.5 Å². The highest BCUT2D eigenvalue weighted by Crippen LogP contribution is 2.27. The molecule has 5 heteroatoms. The van der Waals surface area contributed by atoms with Gasteiger partial charge in [-0.25, -0.2) is 0 Å². The van der Waals surface area contributed by atoms with Gasteiger partial charge in [0.15, 0.2) is 6.10 Å². The summed E-state index contributed by atoms with van der Waals surface area (Å²) in [4.78, 5) is 11.0. The summed E-state index contributed by atoms with van der Waals surface area (Å²) in [6.07, 6.45) is -3.10. The first-order valence-electron chi connectivity index (χ1n) is 6.50. The summed E-state index contributed by atoms with van der Waals surface area (Å²) in [6.45, 7) is 0.317. The molecular weight excluding hydrogens is 270 g/mol. The molecule has 0 radical (unpaired) electrons. The summed E-state index contributed by atoms with van der Waals surface area (Å²) in [5, 5.41) is 19.6. The van der Waals surface area contributed by atoms with E-state index in [1.54, 1.807) is 24.3 Å². The first-order chi connectivity index (χ1) is 10.1. The molecule has 0 aliphatic heterocycles. The number of hydrogen-bond donors (Lipinski definition) is 3. The quantitative estimate of drug-likeness (QED) is 0.743. The lowest BCUT2D eigenvalue weighted by Gasteiger charge is -2.18. The number of amides is 1. The van der Waals surface area contributed by atoms with E-state index < -0.39 is 18.1 Å². The summed E-state index contributed by atoms with van der Waals surface area (Å²) < 4.78 is 5.65. The van der Waals surface area contributed by atoms with E-state index >= 15 is 0 Å². The molecule has 0 aliphatic rings. The molecule has 0 saturated carbocycles. The molecular formula is C16H17NO4. The van der Waals surface area contributed by atoms with Crippen LogP contribution in [-0.2, 0) is 11.4 Å². The Balaban J connectivity index is 2.15. The summed E-state index contributed by atoms with van der Waals surface area (Å²) in [7, 11) is 0. The fourth-order valence-electron chi connectivity index (χ4n) is 1.92. The zero-order chi connectivity index (χ0) is 15.2. The predicted molar refractivity (Wildman–Crippen MR) is 77.4 cm³/mol. The Bertz CT molecular complexity index is 600. The molecule has 0 aromatic heterocycles. The van der Waals surface area contributed by atoms with E-state index in [1.165, 1.54) is 0 Å². The van der Waals surface area contributed by atoms with Gasteiger partial charge < -0.3 is 20.7 Å². The number of hydrogen-bond acceptors (Lipinski definition) is 4. The average molecular weight is 287 g/mol. The Hall–Kier alpha value is -2.37. The third-order valence-corrected chi connectivity index (χ3v) is 3.07. The number of aliphatic hydroxyl groups is 2. The van der Waals surface area contributed by atoms with Gasteiger partial charge in [-0.05, 0) is 11.6 Å². The molecule has 0 heterocycles. The van der Waals surface area contributed by atoms with Crippen molar-refractivity contribution in [3.05, 3.63) is 65.7 Å². The van der Waals surface area contributed by atoms with Crippen LogP contribution in [0.25, 0.3) is 0 Å². The molecule has 2 rings (SSSR count). The van der Waals surface area contributed by atoms with Crippen LogP contribution in [0.2, 0.25) is 0 Å². The molecule has 4 N–H and O–H groups in total. The van der Waals surface area contributed by atoms with Crippen molar-refractivity contribution in [3.63, 3.8) is 0 Å². The summed E-state index contributed by atoms with van der Waals surface area (Å²) in [5.74, 6) is -0.588. The maximum atomic E-state index is 11.0. The van der Waals surface area contributed by atoms with Crippen molar-refractivity contribution in [1.29, 1.82) is 0 Å². The van der Waals surface area contributed by atoms with E-state index in [2.05, 4.69) is 0 Å². The van der Waals surface area contributed by atoms with Crippen molar-refractivity contribution in [2.24, 2.45) is 5.73 Å². The third-order valence-electron chi connectivity index (χ3n) is 3.07. The van der Waals surface area contributed by atoms with Crippen LogP contribution in [0.3, 0.4) is 0 Å². The zero-order valence-corrected chi connectivity index (χ0v) is 11.3. The van der Waals surface area contributed by atoms with Gasteiger partial charge in [0.25, 0.3) is 0 Å². The Kier molecular flexibility index (Phi) is 4.92. The molecule has 5 nitrogen and oxygen atoms in total. The molecule has 0 aliphatic carbocycles. The van der Waals surface area contributed by atoms with Gasteiger partial charge in [0.2, 0.25) is 5.91 Å². The number of aliphatic hydroxyl groups excluding tert-OH is 2. The van der Waals surface area contributed by atoms with E-state index in [9.17, 15) is 15.0 Å². The van der Waals surface area contributed by atoms with Gasteiger partial charge in [-0.15, -0.1) is 0 Å². The number of carbonyl (C=O) groups is 1. The molecule has 0 saturated heterocycles. The van der Waals surface area contributed by atoms with Crippen molar-refractivity contribution in [2.45, 2.75) is 18.8 Å². The molecule has 0 bridgehead atoms. The zero-order valence-electron chi connectivity index (χ0n) is 11.3. The van der Waals surface area contributed by atoms with E-state index in [-0.39, 0.29) is 0 Å². The SMILES string of the molecule is NC(=O)C(O)C(O)c1ccccc1OCc1ccccc1. The largest absolute Gasteiger partial charge is 0.489 e. The molecule has 1 amide bonds. The smallest absolute Gasteiger partial charge is 0.249 e. The van der Waals surface area contributed by atoms with Crippen LogP contribution in [0.4, 0.5) is 0 Å². The van der Waals surface area contributed by atoms with Crippen LogP contribution in [0.15, 0.2) is 54.6 Å². The minimum atomic E-state index is -1.67. The van der Waals surface area contributed by atoms with Crippen LogP contribution in [0.1, 0.15) is 17.2 Å². The lowest BCUT2D eigenvalue weighted by molar-refractivity contribution is -0.132. The maximum Gasteiger partial charge on any atom is 0.249 e. The van der Waals surface area contributed by atoms with Gasteiger partial charge in [0.1, 0.15) is 18.5 Å². The van der Waals surface area contributed by atoms with Gasteiger partial charge in [-0.2, -0.15) is 0 Å². The van der Waals surface area contributed by atoms with E-state index in [0.717, 1.165) is 5.56 Å². The second-order valence-corrected chi connectivity index (χ2v) is 4.60. The number of benzene rings is 2. The third kappa shape index (κ3) is 3.81. The average Bonchev–Trinajstić information content (AvgIpc) is 2.52. The standard InChI is InChI=1S/C16H17NO4/c17-16(20)15(19)14(18)12-8-4-5-9-13(12)21-10-11-6-2-1-3-7-11/h1-9,14-15,18-19H,10H2,(H2,17,20). The van der Waals surface area contributed by atoms with Crippen molar-refractivity contribution in [1.82, 2.24) is 0 Å². The van der Waals surface area contributed by atoms with E-state index in [0.29, 0.717) is 17.9 Å². The first-order valence-corrected chi connectivity index (χ1v) is 6.50. The number of rotatable bonds is 6. The monoisotopic (exact) mass is 287 g/mol. The number of para-hydroxylation sites is 1. The highest BCUT2D eigenvalue weighted by Gasteiger charge is 2.25. The number of primary amides is 1. The summed E-state index contributed by atoms with van der Waals surface area (Å²) >= 11 is 0. The van der Waals surface area contributed by atoms with Crippen LogP contribution >= 0.6 is 0 Å². The van der Waals surface area contributed by atoms with Crippen LogP contribution in [-0.4, -0.2) is 22.2 Å². The molecule has 0 fully saturated rings. The topological polar surface area (TPSA) is 92.8 Å². The van der Waals surface area contributed by atoms with Gasteiger partial charge in [0, 0.05) is 5.56 Å². The van der Waals surface area contributed by atoms with Crippen molar-refractivity contribution >= 4 is 5.91 Å². The molecule has 2 atom stereocenters. The molecule has 21 heavy (non-hydrogen) atoms. The molecule has 2 aromatic rings. The number of ether oxygens (including phenoxy) is 1. The van der Waals surface area contributed by atoms with Crippen molar-refractivity contribution in [3.8, 4) is 5.75 Å². The molecule has 2 unspecified atom stereocenters. The molecule has 2 aromatic carbocycles. The Morgan fingerprint density at radius 2 is 1.67 bits per heavy atom. The number of nitrogens with two attached hydrogens (primary N) is 1. The predicted octanol–water partition coefficient (Wildman–Crippen LogP) is 1.15. The van der Waals surface area contributed by atoms with Gasteiger partial charge in [0.05, 0.1) is 0 Å². The van der Waals surface area contributed by atoms with Gasteiger partial charge >= 0.3 is 0 Å². The Labute approximate surface area is 122 Å². The van der Waals surface area contributed by atoms with Crippen molar-refractivity contribution in [2.75, 3.05) is 0 Å². The first kappa shape index (κ1) is 15.0. The van der Waals surface area contributed by atoms with E-state index in [4.69, 9.17) is 10.5 Å². The summed E-state index contributed by atoms with van der Waals surface area (Å²) in [5.41, 5.74) is 6.29. The fourth-order valence-corrected chi connectivity index (χ4v) is 1.92. The maximum absolute atomic E-state index is 11.0. The van der Waals surface area contributed by atoms with E-state index in [1.807, 2.05) is 30.3 Å². The Morgan fingerprint density at radius 3 is 2.33 bits per heavy atom. The highest BCUT2D eigenvalue weighted by atomic mass is 16.5. The van der Waals surface area contributed by atoms with Crippen LogP contribution < -0.4 is 10.5 Å². The second kappa shape index (κ2) is 6.88. The van der Waals surface area contributed by atoms with Crippen molar-refractivity contribution < 1.29 is 19.7 Å². The second-order valence-electron chi connectivity index (χ2n) is 4.60. The lowest BCUT2D eigenvalue weighted by Crippen LogP contribution is -2.34.